The van der Waals surface area contributed by atoms with Crippen LogP contribution in [0.2, 0.25) is 0 Å². The minimum absolute atomic E-state index is 0.0438. The van der Waals surface area contributed by atoms with Gasteiger partial charge in [-0.25, -0.2) is 0 Å². The van der Waals surface area contributed by atoms with Gasteiger partial charge in [-0.05, 0) is 41.3 Å². The van der Waals surface area contributed by atoms with Crippen molar-refractivity contribution in [3.8, 4) is 11.5 Å². The summed E-state index contributed by atoms with van der Waals surface area (Å²) in [6.07, 6.45) is 0.816. The summed E-state index contributed by atoms with van der Waals surface area (Å²) >= 11 is 0. The molecular formula is C19H22O3. The fourth-order valence-corrected chi connectivity index (χ4v) is 2.17. The molecule has 0 heterocycles. The van der Waals surface area contributed by atoms with Crippen molar-refractivity contribution < 1.29 is 14.3 Å². The molecule has 0 N–H and O–H groups in total. The van der Waals surface area contributed by atoms with E-state index < -0.39 is 0 Å². The van der Waals surface area contributed by atoms with E-state index in [4.69, 9.17) is 9.47 Å². The van der Waals surface area contributed by atoms with Crippen LogP contribution in [0.1, 0.15) is 36.7 Å². The SMILES string of the molecule is CC(C)(C)c1ccccc1OCCOc1ccc(C=O)cc1. The Balaban J connectivity index is 1.87. The van der Waals surface area contributed by atoms with Gasteiger partial charge in [-0.3, -0.25) is 4.79 Å². The van der Waals surface area contributed by atoms with Crippen molar-refractivity contribution in [2.75, 3.05) is 13.2 Å². The highest BCUT2D eigenvalue weighted by Crippen LogP contribution is 2.30. The summed E-state index contributed by atoms with van der Waals surface area (Å²) < 4.78 is 11.5. The van der Waals surface area contributed by atoms with Crippen LogP contribution < -0.4 is 9.47 Å². The number of carbonyl (C=O) groups excluding carboxylic acids is 1. The molecule has 0 saturated carbocycles. The fourth-order valence-electron chi connectivity index (χ4n) is 2.17. The maximum Gasteiger partial charge on any atom is 0.150 e. The summed E-state index contributed by atoms with van der Waals surface area (Å²) in [5.41, 5.74) is 1.87. The zero-order valence-electron chi connectivity index (χ0n) is 13.3. The Morgan fingerprint density at radius 2 is 1.55 bits per heavy atom. The maximum atomic E-state index is 10.6. The first-order valence-electron chi connectivity index (χ1n) is 7.41. The summed E-state index contributed by atoms with van der Waals surface area (Å²) in [5.74, 6) is 1.63. The fraction of sp³-hybridized carbons (Fsp3) is 0.316. The number of benzene rings is 2. The predicted octanol–water partition coefficient (Wildman–Crippen LogP) is 4.25. The molecule has 0 bridgehead atoms. The average Bonchev–Trinajstić information content (AvgIpc) is 2.51. The number of para-hydroxylation sites is 1. The van der Waals surface area contributed by atoms with E-state index in [1.807, 2.05) is 18.2 Å². The second-order valence-electron chi connectivity index (χ2n) is 6.13. The van der Waals surface area contributed by atoms with Crippen LogP contribution >= 0.6 is 0 Å². The molecule has 2 rings (SSSR count). The standard InChI is InChI=1S/C19H22O3/c1-19(2,3)17-6-4-5-7-18(17)22-13-12-21-16-10-8-15(14-20)9-11-16/h4-11,14H,12-13H2,1-3H3. The molecule has 0 saturated heterocycles. The number of ether oxygens (including phenoxy) is 2. The van der Waals surface area contributed by atoms with Crippen LogP contribution in [0.5, 0.6) is 11.5 Å². The highest BCUT2D eigenvalue weighted by molar-refractivity contribution is 5.74. The van der Waals surface area contributed by atoms with Crippen molar-refractivity contribution >= 4 is 6.29 Å². The van der Waals surface area contributed by atoms with Gasteiger partial charge in [-0.2, -0.15) is 0 Å². The molecular weight excluding hydrogens is 276 g/mol. The predicted molar refractivity (Wildman–Crippen MR) is 88.0 cm³/mol. The Hall–Kier alpha value is -2.29. The lowest BCUT2D eigenvalue weighted by Crippen LogP contribution is -2.15. The molecule has 22 heavy (non-hydrogen) atoms. The monoisotopic (exact) mass is 298 g/mol. The molecule has 0 atom stereocenters. The second-order valence-corrected chi connectivity index (χ2v) is 6.13. The minimum atomic E-state index is 0.0438. The van der Waals surface area contributed by atoms with E-state index in [2.05, 4.69) is 26.8 Å². The van der Waals surface area contributed by atoms with E-state index in [1.165, 1.54) is 5.56 Å². The van der Waals surface area contributed by atoms with Gasteiger partial charge >= 0.3 is 0 Å². The highest BCUT2D eigenvalue weighted by atomic mass is 16.5. The van der Waals surface area contributed by atoms with Crippen molar-refractivity contribution in [2.24, 2.45) is 0 Å². The molecule has 2 aromatic rings. The molecule has 0 aromatic heterocycles. The van der Waals surface area contributed by atoms with Crippen LogP contribution in [0.15, 0.2) is 48.5 Å². The highest BCUT2D eigenvalue weighted by Gasteiger charge is 2.18. The normalized spacial score (nSPS) is 11.0. The smallest absolute Gasteiger partial charge is 0.150 e. The van der Waals surface area contributed by atoms with E-state index in [9.17, 15) is 4.79 Å². The molecule has 0 aliphatic rings. The summed E-state index contributed by atoms with van der Waals surface area (Å²) in [7, 11) is 0. The van der Waals surface area contributed by atoms with Gasteiger partial charge in [0.2, 0.25) is 0 Å². The second kappa shape index (κ2) is 7.12. The van der Waals surface area contributed by atoms with Gasteiger partial charge in [-0.15, -0.1) is 0 Å². The molecule has 0 radical (unpaired) electrons. The van der Waals surface area contributed by atoms with Crippen molar-refractivity contribution in [3.63, 3.8) is 0 Å². The first kappa shape index (κ1) is 16.1. The molecule has 3 heteroatoms. The van der Waals surface area contributed by atoms with Crippen LogP contribution in [0.3, 0.4) is 0 Å². The van der Waals surface area contributed by atoms with Crippen molar-refractivity contribution in [1.82, 2.24) is 0 Å². The molecule has 0 fully saturated rings. The first-order valence-corrected chi connectivity index (χ1v) is 7.41. The molecule has 0 spiro atoms. The Kier molecular flexibility index (Phi) is 5.21. The molecule has 3 nitrogen and oxygen atoms in total. The van der Waals surface area contributed by atoms with Crippen LogP contribution in [-0.2, 0) is 5.41 Å². The molecule has 2 aromatic carbocycles. The third-order valence-corrected chi connectivity index (χ3v) is 3.32. The van der Waals surface area contributed by atoms with Gasteiger partial charge in [0, 0.05) is 5.56 Å². The zero-order chi connectivity index (χ0) is 16.0. The number of hydrogen-bond acceptors (Lipinski definition) is 3. The molecule has 0 amide bonds. The van der Waals surface area contributed by atoms with Crippen LogP contribution in [0.25, 0.3) is 0 Å². The van der Waals surface area contributed by atoms with Crippen molar-refractivity contribution in [1.29, 1.82) is 0 Å². The average molecular weight is 298 g/mol. The Morgan fingerprint density at radius 1 is 0.909 bits per heavy atom. The van der Waals surface area contributed by atoms with Crippen molar-refractivity contribution in [2.45, 2.75) is 26.2 Å². The summed E-state index contributed by atoms with van der Waals surface area (Å²) in [5, 5.41) is 0. The van der Waals surface area contributed by atoms with Gasteiger partial charge < -0.3 is 9.47 Å². The van der Waals surface area contributed by atoms with Gasteiger partial charge in [0.05, 0.1) is 0 Å². The summed E-state index contributed by atoms with van der Waals surface area (Å²) in [4.78, 5) is 10.6. The van der Waals surface area contributed by atoms with E-state index in [1.54, 1.807) is 24.3 Å². The number of carbonyl (C=O) groups is 1. The summed E-state index contributed by atoms with van der Waals surface area (Å²) in [6.45, 7) is 7.43. The Morgan fingerprint density at radius 3 is 2.18 bits per heavy atom. The Labute approximate surface area is 131 Å². The maximum absolute atomic E-state index is 10.6. The van der Waals surface area contributed by atoms with E-state index in [-0.39, 0.29) is 5.41 Å². The molecule has 116 valence electrons. The zero-order valence-corrected chi connectivity index (χ0v) is 13.3. The Bertz CT molecular complexity index is 609. The van der Waals surface area contributed by atoms with Crippen molar-refractivity contribution in [3.05, 3.63) is 59.7 Å². The lowest BCUT2D eigenvalue weighted by molar-refractivity contribution is 0.112. The van der Waals surface area contributed by atoms with Gasteiger partial charge in [0.1, 0.15) is 31.0 Å². The van der Waals surface area contributed by atoms with E-state index in [0.29, 0.717) is 18.8 Å². The summed E-state index contributed by atoms with van der Waals surface area (Å²) in [6, 6.07) is 15.1. The van der Waals surface area contributed by atoms with Crippen LogP contribution in [0, 0.1) is 0 Å². The lowest BCUT2D eigenvalue weighted by Gasteiger charge is -2.22. The van der Waals surface area contributed by atoms with E-state index >= 15 is 0 Å². The number of aldehydes is 1. The minimum Gasteiger partial charge on any atom is -0.490 e. The van der Waals surface area contributed by atoms with Gasteiger partial charge in [0.15, 0.2) is 0 Å². The van der Waals surface area contributed by atoms with E-state index in [0.717, 1.165) is 17.8 Å². The van der Waals surface area contributed by atoms with Gasteiger partial charge in [0.25, 0.3) is 0 Å². The molecule has 0 aliphatic heterocycles. The lowest BCUT2D eigenvalue weighted by atomic mass is 9.86. The van der Waals surface area contributed by atoms with Gasteiger partial charge in [-0.1, -0.05) is 39.0 Å². The largest absolute Gasteiger partial charge is 0.490 e. The number of hydrogen-bond donors (Lipinski definition) is 0. The molecule has 0 aliphatic carbocycles. The number of rotatable bonds is 6. The van der Waals surface area contributed by atoms with Crippen LogP contribution in [0.4, 0.5) is 0 Å². The molecule has 0 unspecified atom stereocenters. The quantitative estimate of drug-likeness (QED) is 0.590. The third-order valence-electron chi connectivity index (χ3n) is 3.32. The first-order chi connectivity index (χ1) is 10.5. The topological polar surface area (TPSA) is 35.5 Å². The van der Waals surface area contributed by atoms with Crippen LogP contribution in [-0.4, -0.2) is 19.5 Å². The third kappa shape index (κ3) is 4.35.